The smallest absolute Gasteiger partial charge is 0.246 e. The standard InChI is InChI=1S/C20H14F3N3S/c21-20(22,23)16-8-4-5-14(11-16)13-27-19-18-12-17(15-6-2-1-3-7-15)25-26(18)10-9-24-19/h1-12H,13H2. The summed E-state index contributed by atoms with van der Waals surface area (Å²) in [6.45, 7) is 0. The number of hydrogen-bond donors (Lipinski definition) is 0. The molecule has 2 aromatic carbocycles. The summed E-state index contributed by atoms with van der Waals surface area (Å²) in [6.07, 6.45) is -0.936. The summed E-state index contributed by atoms with van der Waals surface area (Å²) in [5, 5.41) is 5.29. The molecule has 0 saturated heterocycles. The van der Waals surface area contributed by atoms with E-state index in [9.17, 15) is 13.2 Å². The van der Waals surface area contributed by atoms with Crippen LogP contribution < -0.4 is 0 Å². The van der Waals surface area contributed by atoms with Gasteiger partial charge in [0.25, 0.3) is 0 Å². The predicted octanol–water partition coefficient (Wildman–Crippen LogP) is 5.71. The van der Waals surface area contributed by atoms with E-state index in [0.717, 1.165) is 27.9 Å². The summed E-state index contributed by atoms with van der Waals surface area (Å²) in [5.74, 6) is 0.391. The van der Waals surface area contributed by atoms with Crippen molar-refractivity contribution in [2.45, 2.75) is 17.0 Å². The van der Waals surface area contributed by atoms with Gasteiger partial charge >= 0.3 is 6.18 Å². The SMILES string of the molecule is FC(F)(F)c1cccc(CSc2nccn3nc(-c4ccccc4)cc23)c1. The second-order valence-corrected chi connectivity index (χ2v) is 6.91. The third-order valence-electron chi connectivity index (χ3n) is 4.05. The van der Waals surface area contributed by atoms with Crippen molar-refractivity contribution in [1.29, 1.82) is 0 Å². The number of fused-ring (bicyclic) bond motifs is 1. The minimum atomic E-state index is -4.34. The van der Waals surface area contributed by atoms with E-state index < -0.39 is 11.7 Å². The maximum atomic E-state index is 12.9. The molecular weight excluding hydrogens is 371 g/mol. The second-order valence-electron chi connectivity index (χ2n) is 5.94. The van der Waals surface area contributed by atoms with E-state index in [4.69, 9.17) is 0 Å². The molecule has 0 aliphatic rings. The van der Waals surface area contributed by atoms with Gasteiger partial charge in [-0.05, 0) is 17.7 Å². The van der Waals surface area contributed by atoms with Crippen LogP contribution in [0, 0.1) is 0 Å². The maximum Gasteiger partial charge on any atom is 0.416 e. The molecule has 0 radical (unpaired) electrons. The predicted molar refractivity (Wildman–Crippen MR) is 99.4 cm³/mol. The normalized spacial score (nSPS) is 11.8. The van der Waals surface area contributed by atoms with E-state index in [1.165, 1.54) is 23.9 Å². The zero-order chi connectivity index (χ0) is 18.9. The number of thioether (sulfide) groups is 1. The summed E-state index contributed by atoms with van der Waals surface area (Å²) in [4.78, 5) is 4.38. The Labute approximate surface area is 157 Å². The lowest BCUT2D eigenvalue weighted by atomic mass is 10.1. The minimum absolute atomic E-state index is 0.391. The van der Waals surface area contributed by atoms with Crippen LogP contribution in [0.5, 0.6) is 0 Å². The lowest BCUT2D eigenvalue weighted by molar-refractivity contribution is -0.137. The van der Waals surface area contributed by atoms with Gasteiger partial charge in [-0.1, -0.05) is 60.3 Å². The Kier molecular flexibility index (Phi) is 4.61. The molecule has 4 rings (SSSR count). The Morgan fingerprint density at radius 3 is 2.56 bits per heavy atom. The van der Waals surface area contributed by atoms with Gasteiger partial charge in [0, 0.05) is 23.7 Å². The fourth-order valence-electron chi connectivity index (χ4n) is 2.75. The molecule has 136 valence electrons. The number of rotatable bonds is 4. The molecule has 0 fully saturated rings. The highest BCUT2D eigenvalue weighted by atomic mass is 32.2. The topological polar surface area (TPSA) is 30.2 Å². The maximum absolute atomic E-state index is 12.9. The zero-order valence-corrected chi connectivity index (χ0v) is 14.8. The van der Waals surface area contributed by atoms with Crippen molar-refractivity contribution >= 4 is 17.3 Å². The molecule has 0 bridgehead atoms. The lowest BCUT2D eigenvalue weighted by Gasteiger charge is -2.08. The number of alkyl halides is 3. The van der Waals surface area contributed by atoms with Crippen LogP contribution in [-0.2, 0) is 11.9 Å². The average Bonchev–Trinajstić information content (AvgIpc) is 3.11. The number of halogens is 3. The highest BCUT2D eigenvalue weighted by Gasteiger charge is 2.30. The first-order valence-corrected chi connectivity index (χ1v) is 9.18. The van der Waals surface area contributed by atoms with Gasteiger partial charge in [0.2, 0.25) is 0 Å². The van der Waals surface area contributed by atoms with Crippen molar-refractivity contribution in [1.82, 2.24) is 14.6 Å². The Morgan fingerprint density at radius 2 is 1.78 bits per heavy atom. The summed E-state index contributed by atoms with van der Waals surface area (Å²) in [5.41, 5.74) is 2.61. The number of hydrogen-bond acceptors (Lipinski definition) is 3. The first kappa shape index (κ1) is 17.6. The quantitative estimate of drug-likeness (QED) is 0.422. The Balaban J connectivity index is 1.60. The highest BCUT2D eigenvalue weighted by molar-refractivity contribution is 7.98. The molecule has 3 nitrogen and oxygen atoms in total. The summed E-state index contributed by atoms with van der Waals surface area (Å²) in [7, 11) is 0. The summed E-state index contributed by atoms with van der Waals surface area (Å²) in [6, 6.07) is 17.1. The molecule has 2 aromatic heterocycles. The Morgan fingerprint density at radius 1 is 0.963 bits per heavy atom. The molecular formula is C20H14F3N3S. The van der Waals surface area contributed by atoms with Crippen molar-refractivity contribution in [2.75, 3.05) is 0 Å². The molecule has 0 aliphatic heterocycles. The molecule has 0 saturated carbocycles. The van der Waals surface area contributed by atoms with Crippen LogP contribution in [0.3, 0.4) is 0 Å². The molecule has 0 atom stereocenters. The van der Waals surface area contributed by atoms with E-state index in [0.29, 0.717) is 11.3 Å². The molecule has 0 aliphatic carbocycles. The molecule has 0 amide bonds. The lowest BCUT2D eigenvalue weighted by Crippen LogP contribution is -2.04. The van der Waals surface area contributed by atoms with Crippen molar-refractivity contribution in [3.63, 3.8) is 0 Å². The van der Waals surface area contributed by atoms with E-state index >= 15 is 0 Å². The summed E-state index contributed by atoms with van der Waals surface area (Å²) >= 11 is 1.39. The van der Waals surface area contributed by atoms with Gasteiger partial charge in [0.1, 0.15) is 5.03 Å². The van der Waals surface area contributed by atoms with Crippen molar-refractivity contribution in [2.24, 2.45) is 0 Å². The highest BCUT2D eigenvalue weighted by Crippen LogP contribution is 2.32. The third-order valence-corrected chi connectivity index (χ3v) is 5.12. The van der Waals surface area contributed by atoms with Crippen LogP contribution in [0.1, 0.15) is 11.1 Å². The number of benzene rings is 2. The van der Waals surface area contributed by atoms with Crippen molar-refractivity contribution in [3.8, 4) is 11.3 Å². The van der Waals surface area contributed by atoms with Crippen LogP contribution in [0.4, 0.5) is 13.2 Å². The van der Waals surface area contributed by atoms with Crippen LogP contribution in [-0.4, -0.2) is 14.6 Å². The largest absolute Gasteiger partial charge is 0.416 e. The van der Waals surface area contributed by atoms with Gasteiger partial charge in [-0.2, -0.15) is 18.3 Å². The van der Waals surface area contributed by atoms with Crippen molar-refractivity contribution < 1.29 is 13.2 Å². The molecule has 0 spiro atoms. The van der Waals surface area contributed by atoms with E-state index in [2.05, 4.69) is 10.1 Å². The molecule has 0 N–H and O–H groups in total. The second kappa shape index (κ2) is 7.08. The van der Waals surface area contributed by atoms with Gasteiger partial charge in [0.05, 0.1) is 16.8 Å². The summed E-state index contributed by atoms with van der Waals surface area (Å²) < 4.78 is 40.4. The van der Waals surface area contributed by atoms with E-state index in [1.807, 2.05) is 36.4 Å². The third kappa shape index (κ3) is 3.83. The fraction of sp³-hybridized carbons (Fsp3) is 0.100. The Bertz CT molecular complexity index is 1070. The molecule has 27 heavy (non-hydrogen) atoms. The Hall–Kier alpha value is -2.80. The monoisotopic (exact) mass is 385 g/mol. The van der Waals surface area contributed by atoms with Gasteiger partial charge in [-0.15, -0.1) is 0 Å². The van der Waals surface area contributed by atoms with E-state index in [-0.39, 0.29) is 0 Å². The van der Waals surface area contributed by atoms with Crippen LogP contribution in [0.25, 0.3) is 16.8 Å². The van der Waals surface area contributed by atoms with Crippen LogP contribution in [0.15, 0.2) is 78.1 Å². The zero-order valence-electron chi connectivity index (χ0n) is 14.0. The van der Waals surface area contributed by atoms with Crippen LogP contribution in [0.2, 0.25) is 0 Å². The molecule has 7 heteroatoms. The van der Waals surface area contributed by atoms with Gasteiger partial charge in [0.15, 0.2) is 0 Å². The van der Waals surface area contributed by atoms with Gasteiger partial charge in [-0.3, -0.25) is 0 Å². The molecule has 4 aromatic rings. The van der Waals surface area contributed by atoms with Crippen LogP contribution >= 0.6 is 11.8 Å². The average molecular weight is 385 g/mol. The minimum Gasteiger partial charge on any atom is -0.246 e. The first-order valence-electron chi connectivity index (χ1n) is 8.19. The van der Waals surface area contributed by atoms with Crippen molar-refractivity contribution in [3.05, 3.63) is 84.2 Å². The number of nitrogens with zero attached hydrogens (tertiary/aromatic N) is 3. The van der Waals surface area contributed by atoms with E-state index in [1.54, 1.807) is 23.0 Å². The fourth-order valence-corrected chi connectivity index (χ4v) is 3.67. The number of aromatic nitrogens is 3. The van der Waals surface area contributed by atoms with Gasteiger partial charge < -0.3 is 0 Å². The van der Waals surface area contributed by atoms with Gasteiger partial charge in [-0.25, -0.2) is 9.50 Å². The molecule has 0 unspecified atom stereocenters. The first-order chi connectivity index (χ1) is 13.0. The molecule has 2 heterocycles.